The fourth-order valence-corrected chi connectivity index (χ4v) is 6.00. The zero-order valence-corrected chi connectivity index (χ0v) is 18.5. The first kappa shape index (κ1) is 21.8. The van der Waals surface area contributed by atoms with Crippen LogP contribution in [0, 0.1) is 5.92 Å². The molecule has 1 N–H and O–H groups in total. The Balaban J connectivity index is 1.38. The van der Waals surface area contributed by atoms with E-state index in [9.17, 15) is 4.79 Å². The molecule has 0 spiro atoms. The molecule has 30 heavy (non-hydrogen) atoms. The zero-order chi connectivity index (χ0) is 21.0. The maximum atomic E-state index is 12.4. The lowest BCUT2D eigenvalue weighted by molar-refractivity contribution is -0.121. The summed E-state index contributed by atoms with van der Waals surface area (Å²) >= 11 is 0. The Kier molecular flexibility index (Phi) is 7.08. The van der Waals surface area contributed by atoms with Crippen molar-refractivity contribution in [3.63, 3.8) is 0 Å². The van der Waals surface area contributed by atoms with Gasteiger partial charge in [-0.1, -0.05) is 18.9 Å². The highest BCUT2D eigenvalue weighted by Gasteiger charge is 2.53. The van der Waals surface area contributed by atoms with Gasteiger partial charge in [-0.05, 0) is 68.5 Å². The van der Waals surface area contributed by atoms with Crippen LogP contribution in [0.2, 0.25) is 0 Å². The number of hydrogen-bond acceptors (Lipinski definition) is 5. The third-order valence-electron chi connectivity index (χ3n) is 7.44. The van der Waals surface area contributed by atoms with Gasteiger partial charge in [0.15, 0.2) is 0 Å². The van der Waals surface area contributed by atoms with Gasteiger partial charge in [0.1, 0.15) is 6.61 Å². The molecule has 1 heterocycles. The van der Waals surface area contributed by atoms with Gasteiger partial charge in [0.25, 0.3) is 0 Å². The zero-order valence-electron chi connectivity index (χ0n) is 18.5. The van der Waals surface area contributed by atoms with E-state index >= 15 is 0 Å². The number of likely N-dealkylation sites (N-methyl/N-ethyl adjacent to an activating group) is 1. The van der Waals surface area contributed by atoms with Gasteiger partial charge in [-0.15, -0.1) is 0 Å². The number of hydrogen-bond donors (Lipinski definition) is 1. The molecule has 6 heteroatoms. The van der Waals surface area contributed by atoms with Crippen molar-refractivity contribution < 1.29 is 19.0 Å². The van der Waals surface area contributed by atoms with E-state index in [0.717, 1.165) is 18.0 Å². The van der Waals surface area contributed by atoms with E-state index in [-0.39, 0.29) is 12.5 Å². The predicted octanol–water partition coefficient (Wildman–Crippen LogP) is 2.99. The number of nitrogens with one attached hydrogen (secondary N) is 1. The average Bonchev–Trinajstić information content (AvgIpc) is 2.76. The fourth-order valence-electron chi connectivity index (χ4n) is 6.00. The number of benzene rings is 1. The first-order valence-corrected chi connectivity index (χ1v) is 11.4. The minimum Gasteiger partial charge on any atom is -0.382 e. The molecule has 0 aromatic heterocycles. The topological polar surface area (TPSA) is 60.0 Å². The second-order valence-electron chi connectivity index (χ2n) is 9.09. The van der Waals surface area contributed by atoms with E-state index in [2.05, 4.69) is 35.5 Å². The average molecular weight is 417 g/mol. The van der Waals surface area contributed by atoms with Crippen molar-refractivity contribution in [2.45, 2.75) is 50.0 Å². The Morgan fingerprint density at radius 1 is 1.17 bits per heavy atom. The van der Waals surface area contributed by atoms with Gasteiger partial charge in [-0.2, -0.15) is 0 Å². The van der Waals surface area contributed by atoms with E-state index in [1.165, 1.54) is 49.8 Å². The Labute approximate surface area is 180 Å². The van der Waals surface area contributed by atoms with Crippen LogP contribution in [-0.2, 0) is 30.8 Å². The quantitative estimate of drug-likeness (QED) is 0.627. The molecule has 1 amide bonds. The smallest absolute Gasteiger partial charge is 0.250 e. The largest absolute Gasteiger partial charge is 0.382 e. The van der Waals surface area contributed by atoms with E-state index in [0.29, 0.717) is 37.9 Å². The number of nitrogens with zero attached hydrogens (tertiary/aromatic N) is 1. The summed E-state index contributed by atoms with van der Waals surface area (Å²) in [7, 11) is 3.94. The maximum absolute atomic E-state index is 12.4. The van der Waals surface area contributed by atoms with Gasteiger partial charge in [0.05, 0.1) is 26.4 Å². The van der Waals surface area contributed by atoms with E-state index in [4.69, 9.17) is 14.2 Å². The van der Waals surface area contributed by atoms with Crippen molar-refractivity contribution in [2.24, 2.45) is 5.92 Å². The molecular weight excluding hydrogens is 380 g/mol. The molecule has 1 aromatic rings. The first-order valence-electron chi connectivity index (χ1n) is 11.4. The van der Waals surface area contributed by atoms with Crippen LogP contribution in [0.4, 0.5) is 5.69 Å². The van der Waals surface area contributed by atoms with E-state index in [1.54, 1.807) is 7.11 Å². The van der Waals surface area contributed by atoms with Crippen LogP contribution in [0.1, 0.15) is 43.2 Å². The number of carbonyl (C=O) groups excluding carboxylic acids is 1. The highest BCUT2D eigenvalue weighted by Crippen LogP contribution is 2.55. The minimum absolute atomic E-state index is 0.0470. The number of fused-ring (bicyclic) bond motifs is 1. The van der Waals surface area contributed by atoms with Crippen LogP contribution < -0.4 is 5.32 Å². The molecule has 166 valence electrons. The standard InChI is InChI=1S/C24H36N2O4/c1-26-10-9-24-8-4-3-5-20(24)22(26)15-18-6-7-19(16-21(18)24)25-23(27)17-30-14-13-29-12-11-28-2/h6-7,16,20,22H,3-5,8-15,17H2,1-2H3,(H,25,27)/t20-,22+,24?/m0/s1. The summed E-state index contributed by atoms with van der Waals surface area (Å²) in [6, 6.07) is 7.24. The summed E-state index contributed by atoms with van der Waals surface area (Å²) in [5.41, 5.74) is 4.18. The van der Waals surface area contributed by atoms with Crippen LogP contribution in [0.15, 0.2) is 18.2 Å². The Morgan fingerprint density at radius 2 is 2.00 bits per heavy atom. The van der Waals surface area contributed by atoms with Crippen LogP contribution in [0.3, 0.4) is 0 Å². The monoisotopic (exact) mass is 416 g/mol. The van der Waals surface area contributed by atoms with Gasteiger partial charge in [0.2, 0.25) is 5.91 Å². The SMILES string of the molecule is COCCOCCOCC(=O)Nc1ccc2c(c1)C13CCCC[C@H]1[C@@H](C2)N(C)CC3. The number of rotatable bonds is 9. The molecule has 1 aromatic carbocycles. The molecule has 0 radical (unpaired) electrons. The third-order valence-corrected chi connectivity index (χ3v) is 7.44. The molecule has 6 nitrogen and oxygen atoms in total. The molecule has 2 bridgehead atoms. The molecule has 2 aliphatic carbocycles. The Morgan fingerprint density at radius 3 is 2.87 bits per heavy atom. The number of amides is 1. The molecule has 1 aliphatic heterocycles. The minimum atomic E-state index is -0.110. The molecule has 3 atom stereocenters. The van der Waals surface area contributed by atoms with Crippen LogP contribution >= 0.6 is 0 Å². The van der Waals surface area contributed by atoms with Crippen molar-refractivity contribution >= 4 is 11.6 Å². The van der Waals surface area contributed by atoms with Gasteiger partial charge in [-0.25, -0.2) is 0 Å². The number of anilines is 1. The number of likely N-dealkylation sites (tertiary alicyclic amines) is 1. The summed E-state index contributed by atoms with van der Waals surface area (Å²) in [6.07, 6.45) is 7.68. The van der Waals surface area contributed by atoms with Crippen LogP contribution in [0.25, 0.3) is 0 Å². The second kappa shape index (κ2) is 9.77. The van der Waals surface area contributed by atoms with Crippen molar-refractivity contribution in [3.05, 3.63) is 29.3 Å². The van der Waals surface area contributed by atoms with Crippen molar-refractivity contribution in [1.29, 1.82) is 0 Å². The molecule has 4 rings (SSSR count). The van der Waals surface area contributed by atoms with Crippen molar-refractivity contribution in [2.75, 3.05) is 59.1 Å². The summed E-state index contributed by atoms with van der Waals surface area (Å²) in [6.45, 7) is 3.21. The van der Waals surface area contributed by atoms with E-state index < -0.39 is 0 Å². The maximum Gasteiger partial charge on any atom is 0.250 e. The Bertz CT molecular complexity index is 740. The number of carbonyl (C=O) groups is 1. The normalized spacial score (nSPS) is 27.9. The van der Waals surface area contributed by atoms with Gasteiger partial charge in [0, 0.05) is 24.3 Å². The van der Waals surface area contributed by atoms with Gasteiger partial charge >= 0.3 is 0 Å². The molecule has 3 aliphatic rings. The lowest BCUT2D eigenvalue weighted by Gasteiger charge is -2.58. The molecule has 1 unspecified atom stereocenters. The first-order chi connectivity index (χ1) is 14.6. The highest BCUT2D eigenvalue weighted by molar-refractivity contribution is 5.91. The summed E-state index contributed by atoms with van der Waals surface area (Å²) in [4.78, 5) is 14.9. The summed E-state index contributed by atoms with van der Waals surface area (Å²) in [5.74, 6) is 0.645. The molecule has 1 saturated heterocycles. The molecule has 1 saturated carbocycles. The molecular formula is C24H36N2O4. The van der Waals surface area contributed by atoms with Crippen molar-refractivity contribution in [1.82, 2.24) is 4.90 Å². The summed E-state index contributed by atoms with van der Waals surface area (Å²) in [5, 5.41) is 3.04. The van der Waals surface area contributed by atoms with Crippen molar-refractivity contribution in [3.8, 4) is 0 Å². The van der Waals surface area contributed by atoms with Gasteiger partial charge < -0.3 is 24.4 Å². The van der Waals surface area contributed by atoms with Gasteiger partial charge in [-0.3, -0.25) is 4.79 Å². The Hall–Kier alpha value is -1.47. The number of methoxy groups -OCH3 is 1. The number of piperidine rings is 1. The van der Waals surface area contributed by atoms with Crippen LogP contribution in [0.5, 0.6) is 0 Å². The summed E-state index contributed by atoms with van der Waals surface area (Å²) < 4.78 is 15.7. The highest BCUT2D eigenvalue weighted by atomic mass is 16.5. The fraction of sp³-hybridized carbons (Fsp3) is 0.708. The third kappa shape index (κ3) is 4.42. The lowest BCUT2D eigenvalue weighted by Crippen LogP contribution is -2.59. The molecule has 2 fully saturated rings. The lowest BCUT2D eigenvalue weighted by atomic mass is 9.52. The van der Waals surface area contributed by atoms with E-state index in [1.807, 2.05) is 0 Å². The van der Waals surface area contributed by atoms with Crippen LogP contribution in [-0.4, -0.2) is 70.6 Å². The second-order valence-corrected chi connectivity index (χ2v) is 9.09. The number of ether oxygens (including phenoxy) is 3. The predicted molar refractivity (Wildman–Crippen MR) is 117 cm³/mol.